The minimum atomic E-state index is -0.473. The van der Waals surface area contributed by atoms with E-state index in [2.05, 4.69) is 10.2 Å². The highest BCUT2D eigenvalue weighted by atomic mass is 16.6. The molecule has 0 heterocycles. The second kappa shape index (κ2) is 8.79. The highest BCUT2D eigenvalue weighted by molar-refractivity contribution is 5.56. The van der Waals surface area contributed by atoms with Gasteiger partial charge in [-0.2, -0.15) is 5.11 Å². The van der Waals surface area contributed by atoms with Crippen LogP contribution in [0.4, 0.5) is 17.1 Å². The normalized spacial score (nSPS) is 10.0. The molecule has 120 valence electrons. The quantitative estimate of drug-likeness (QED) is 0.398. The van der Waals surface area contributed by atoms with Crippen LogP contribution in [0.1, 0.15) is 0 Å². The molecule has 1 N–H and O–H groups in total. The molecule has 24 heavy (non-hydrogen) atoms. The fourth-order valence-corrected chi connectivity index (χ4v) is 1.74. The number of nitrogens with zero attached hydrogens (tertiary/aromatic N) is 3. The fraction of sp³-hybridized carbons (Fsp3) is 0. The predicted octanol–water partition coefficient (Wildman–Crippen LogP) is 5.40. The summed E-state index contributed by atoms with van der Waals surface area (Å²) in [6, 6.07) is 24.0. The van der Waals surface area contributed by atoms with Gasteiger partial charge < -0.3 is 5.11 Å². The van der Waals surface area contributed by atoms with E-state index in [4.69, 9.17) is 5.11 Å². The molecule has 0 bridgehead atoms. The van der Waals surface area contributed by atoms with Crippen molar-refractivity contribution in [1.82, 2.24) is 0 Å². The van der Waals surface area contributed by atoms with Gasteiger partial charge in [0.1, 0.15) is 5.75 Å². The lowest BCUT2D eigenvalue weighted by atomic mass is 10.3. The zero-order valence-electron chi connectivity index (χ0n) is 12.7. The van der Waals surface area contributed by atoms with Crippen molar-refractivity contribution in [3.05, 3.63) is 95.0 Å². The van der Waals surface area contributed by atoms with E-state index in [9.17, 15) is 10.1 Å². The number of aromatic hydroxyl groups is 1. The molecule has 3 rings (SSSR count). The van der Waals surface area contributed by atoms with E-state index < -0.39 is 4.92 Å². The zero-order chi connectivity index (χ0) is 17.2. The molecule has 6 nitrogen and oxygen atoms in total. The summed E-state index contributed by atoms with van der Waals surface area (Å²) in [5, 5.41) is 27.2. The van der Waals surface area contributed by atoms with Gasteiger partial charge in [-0.1, -0.05) is 48.5 Å². The van der Waals surface area contributed by atoms with Crippen LogP contribution in [0.15, 0.2) is 95.2 Å². The first-order chi connectivity index (χ1) is 11.7. The van der Waals surface area contributed by atoms with Crippen LogP contribution in [-0.4, -0.2) is 10.0 Å². The third-order valence-corrected chi connectivity index (χ3v) is 2.86. The van der Waals surface area contributed by atoms with Gasteiger partial charge in [-0.25, -0.2) is 0 Å². The molecule has 0 saturated carbocycles. The SMILES string of the molecule is O=[N+]([O-])c1ccccc1N=Nc1ccccc1.Oc1ccccc1. The molecule has 0 unspecified atom stereocenters. The Labute approximate surface area is 138 Å². The molecule has 0 aliphatic rings. The van der Waals surface area contributed by atoms with Gasteiger partial charge in [-0.15, -0.1) is 5.11 Å². The van der Waals surface area contributed by atoms with E-state index in [1.165, 1.54) is 6.07 Å². The van der Waals surface area contributed by atoms with Crippen molar-refractivity contribution in [3.8, 4) is 5.75 Å². The van der Waals surface area contributed by atoms with Crippen LogP contribution in [0.2, 0.25) is 0 Å². The molecule has 0 radical (unpaired) electrons. The third kappa shape index (κ3) is 5.34. The van der Waals surface area contributed by atoms with Gasteiger partial charge in [0.25, 0.3) is 5.69 Å². The highest BCUT2D eigenvalue weighted by Crippen LogP contribution is 2.27. The van der Waals surface area contributed by atoms with E-state index in [0.717, 1.165) is 0 Å². The van der Waals surface area contributed by atoms with Gasteiger partial charge in [0.05, 0.1) is 10.6 Å². The smallest absolute Gasteiger partial charge is 0.296 e. The number of nitro groups is 1. The van der Waals surface area contributed by atoms with Gasteiger partial charge in [0.2, 0.25) is 0 Å². The van der Waals surface area contributed by atoms with Crippen molar-refractivity contribution in [1.29, 1.82) is 0 Å². The topological polar surface area (TPSA) is 88.1 Å². The molecule has 3 aromatic rings. The van der Waals surface area contributed by atoms with E-state index in [1.807, 2.05) is 24.3 Å². The second-order valence-corrected chi connectivity index (χ2v) is 4.62. The van der Waals surface area contributed by atoms with Gasteiger partial charge in [0.15, 0.2) is 5.69 Å². The van der Waals surface area contributed by atoms with Gasteiger partial charge in [-0.3, -0.25) is 10.1 Å². The minimum Gasteiger partial charge on any atom is -0.508 e. The van der Waals surface area contributed by atoms with E-state index in [1.54, 1.807) is 54.6 Å². The summed E-state index contributed by atoms with van der Waals surface area (Å²) in [5.74, 6) is 0.322. The van der Waals surface area contributed by atoms with Crippen LogP contribution < -0.4 is 0 Å². The summed E-state index contributed by atoms with van der Waals surface area (Å²) in [6.45, 7) is 0. The van der Waals surface area contributed by atoms with Crippen LogP contribution in [0.5, 0.6) is 5.75 Å². The molecule has 0 saturated heterocycles. The number of benzene rings is 3. The Morgan fingerprint density at radius 1 is 0.750 bits per heavy atom. The van der Waals surface area contributed by atoms with Crippen molar-refractivity contribution in [2.75, 3.05) is 0 Å². The molecular weight excluding hydrogens is 306 g/mol. The van der Waals surface area contributed by atoms with Crippen molar-refractivity contribution >= 4 is 17.1 Å². The number of hydrogen-bond acceptors (Lipinski definition) is 5. The second-order valence-electron chi connectivity index (χ2n) is 4.62. The number of rotatable bonds is 3. The lowest BCUT2D eigenvalue weighted by Crippen LogP contribution is -1.86. The first-order valence-electron chi connectivity index (χ1n) is 7.11. The molecule has 3 aromatic carbocycles. The average Bonchev–Trinajstić information content (AvgIpc) is 2.62. The molecule has 0 fully saturated rings. The number of nitro benzene ring substituents is 1. The van der Waals surface area contributed by atoms with Crippen molar-refractivity contribution in [2.45, 2.75) is 0 Å². The molecule has 0 aliphatic heterocycles. The Morgan fingerprint density at radius 3 is 1.83 bits per heavy atom. The molecule has 0 aliphatic carbocycles. The fourth-order valence-electron chi connectivity index (χ4n) is 1.74. The number of para-hydroxylation sites is 2. The van der Waals surface area contributed by atoms with Crippen LogP contribution in [0.25, 0.3) is 0 Å². The van der Waals surface area contributed by atoms with Gasteiger partial charge in [-0.05, 0) is 30.3 Å². The minimum absolute atomic E-state index is 0.0489. The summed E-state index contributed by atoms with van der Waals surface area (Å²) in [5.41, 5.74) is 0.860. The number of phenolic OH excluding ortho intramolecular Hbond substituents is 1. The Kier molecular flexibility index (Phi) is 6.16. The summed E-state index contributed by atoms with van der Waals surface area (Å²) < 4.78 is 0. The predicted molar refractivity (Wildman–Crippen MR) is 91.8 cm³/mol. The van der Waals surface area contributed by atoms with Gasteiger partial charge >= 0.3 is 0 Å². The van der Waals surface area contributed by atoms with E-state index in [0.29, 0.717) is 11.4 Å². The lowest BCUT2D eigenvalue weighted by molar-refractivity contribution is -0.384. The van der Waals surface area contributed by atoms with E-state index in [-0.39, 0.29) is 11.4 Å². The van der Waals surface area contributed by atoms with Crippen LogP contribution in [0, 0.1) is 10.1 Å². The molecule has 0 atom stereocenters. The number of hydrogen-bond donors (Lipinski definition) is 1. The lowest BCUT2D eigenvalue weighted by Gasteiger charge is -1.95. The Morgan fingerprint density at radius 2 is 1.29 bits per heavy atom. The van der Waals surface area contributed by atoms with Crippen LogP contribution >= 0.6 is 0 Å². The van der Waals surface area contributed by atoms with Gasteiger partial charge in [0, 0.05) is 6.07 Å². The molecule has 6 heteroatoms. The third-order valence-electron chi connectivity index (χ3n) is 2.86. The highest BCUT2D eigenvalue weighted by Gasteiger charge is 2.11. The maximum atomic E-state index is 10.7. The van der Waals surface area contributed by atoms with Crippen LogP contribution in [-0.2, 0) is 0 Å². The largest absolute Gasteiger partial charge is 0.508 e. The standard InChI is InChI=1S/C12H9N3O2.C6H6O/c16-15(17)12-9-5-4-8-11(12)14-13-10-6-2-1-3-7-10;7-6-4-2-1-3-5-6/h1-9H;1-5,7H. The first kappa shape index (κ1) is 16.8. The zero-order valence-corrected chi connectivity index (χ0v) is 12.7. The molecular formula is C18H15N3O3. The summed E-state index contributed by atoms with van der Waals surface area (Å²) in [7, 11) is 0. The maximum absolute atomic E-state index is 10.7. The average molecular weight is 321 g/mol. The summed E-state index contributed by atoms with van der Waals surface area (Å²) in [4.78, 5) is 10.3. The Balaban J connectivity index is 0.000000249. The molecule has 0 aromatic heterocycles. The summed E-state index contributed by atoms with van der Waals surface area (Å²) in [6.07, 6.45) is 0. The molecule has 0 spiro atoms. The summed E-state index contributed by atoms with van der Waals surface area (Å²) >= 11 is 0. The van der Waals surface area contributed by atoms with E-state index >= 15 is 0 Å². The maximum Gasteiger partial charge on any atom is 0.296 e. The number of azo groups is 1. The Bertz CT molecular complexity index is 806. The van der Waals surface area contributed by atoms with Crippen molar-refractivity contribution in [2.24, 2.45) is 10.2 Å². The van der Waals surface area contributed by atoms with Crippen LogP contribution in [0.3, 0.4) is 0 Å². The Hall–Kier alpha value is -3.54. The van der Waals surface area contributed by atoms with Crippen molar-refractivity contribution < 1.29 is 10.0 Å². The monoisotopic (exact) mass is 321 g/mol. The number of phenols is 1. The van der Waals surface area contributed by atoms with Crippen molar-refractivity contribution in [3.63, 3.8) is 0 Å². The first-order valence-corrected chi connectivity index (χ1v) is 7.11. The molecule has 0 amide bonds.